The van der Waals surface area contributed by atoms with Gasteiger partial charge in [0.2, 0.25) is 0 Å². The Hall–Kier alpha value is -2.70. The van der Waals surface area contributed by atoms with Crippen molar-refractivity contribution < 1.29 is 24.4 Å². The summed E-state index contributed by atoms with van der Waals surface area (Å²) >= 11 is 0. The van der Waals surface area contributed by atoms with Gasteiger partial charge in [-0.05, 0) is 27.3 Å². The number of fused-ring (bicyclic) bond motifs is 7. The monoisotopic (exact) mass is 414 g/mol. The van der Waals surface area contributed by atoms with E-state index in [0.29, 0.717) is 24.4 Å². The number of hydrogen-bond donors (Lipinski definition) is 2. The molecule has 0 bridgehead atoms. The predicted molar refractivity (Wildman–Crippen MR) is 115 cm³/mol. The van der Waals surface area contributed by atoms with Crippen molar-refractivity contribution >= 4 is 22.4 Å². The highest BCUT2D eigenvalue weighted by Gasteiger charge is 2.66. The summed E-state index contributed by atoms with van der Waals surface area (Å²) in [4.78, 5) is 0. The molecule has 3 fully saturated rings. The third kappa shape index (κ3) is 2.46. The molecule has 7 rings (SSSR count). The highest BCUT2D eigenvalue weighted by Crippen LogP contribution is 2.53. The lowest BCUT2D eigenvalue weighted by Gasteiger charge is -2.38. The van der Waals surface area contributed by atoms with E-state index in [-0.39, 0.29) is 30.0 Å². The van der Waals surface area contributed by atoms with Crippen LogP contribution in [0.2, 0.25) is 0 Å². The summed E-state index contributed by atoms with van der Waals surface area (Å²) in [5.74, 6) is -0.142. The minimum atomic E-state index is -1.34. The lowest BCUT2D eigenvalue weighted by atomic mass is 9.68. The molecule has 3 aromatic rings. The standard InChI is InChI=1S/C26H22O5/c27-19-10-9-14-5-1-3-7-16(14)22(19)23-17-8-4-2-6-15(17)11-18-24-20(30-24)12-29-13-21-25(31-21)26(18,23)28/h1-11,18,20-21,24-25,27-28H,12-13H2. The lowest BCUT2D eigenvalue weighted by molar-refractivity contribution is 0.0232. The van der Waals surface area contributed by atoms with Gasteiger partial charge in [-0.1, -0.05) is 60.7 Å². The Morgan fingerprint density at radius 1 is 0.871 bits per heavy atom. The fourth-order valence-corrected chi connectivity index (χ4v) is 5.67. The van der Waals surface area contributed by atoms with Crippen molar-refractivity contribution in [3.8, 4) is 5.75 Å². The number of aromatic hydroxyl groups is 1. The zero-order valence-corrected chi connectivity index (χ0v) is 16.8. The summed E-state index contributed by atoms with van der Waals surface area (Å²) in [5, 5.41) is 27.5. The zero-order valence-electron chi connectivity index (χ0n) is 16.8. The SMILES string of the molecule is Oc1ccc2ccccc2c1C1=c2ccccc2=CC2C3OC3COCC3OC3C12O. The fourth-order valence-electron chi connectivity index (χ4n) is 5.67. The van der Waals surface area contributed by atoms with Crippen molar-refractivity contribution in [1.82, 2.24) is 0 Å². The molecule has 0 spiro atoms. The first-order valence-corrected chi connectivity index (χ1v) is 10.8. The van der Waals surface area contributed by atoms with Crippen LogP contribution < -0.4 is 10.4 Å². The van der Waals surface area contributed by atoms with Gasteiger partial charge in [0.15, 0.2) is 0 Å². The van der Waals surface area contributed by atoms with Gasteiger partial charge in [0, 0.05) is 17.1 Å². The van der Waals surface area contributed by atoms with E-state index in [1.54, 1.807) is 6.07 Å². The second-order valence-electron chi connectivity index (χ2n) is 8.93. The van der Waals surface area contributed by atoms with Crippen LogP contribution in [-0.4, -0.2) is 53.4 Å². The van der Waals surface area contributed by atoms with Crippen molar-refractivity contribution in [2.45, 2.75) is 30.0 Å². The number of aliphatic hydroxyl groups is 1. The normalized spacial score (nSPS) is 35.4. The van der Waals surface area contributed by atoms with Crippen LogP contribution in [0.25, 0.3) is 22.4 Å². The Kier molecular flexibility index (Phi) is 3.57. The maximum absolute atomic E-state index is 12.5. The van der Waals surface area contributed by atoms with E-state index in [1.807, 2.05) is 48.5 Å². The molecular formula is C26H22O5. The highest BCUT2D eigenvalue weighted by molar-refractivity contribution is 5.98. The number of phenols is 1. The van der Waals surface area contributed by atoms with E-state index in [2.05, 4.69) is 12.1 Å². The van der Waals surface area contributed by atoms with E-state index in [9.17, 15) is 10.2 Å². The van der Waals surface area contributed by atoms with Gasteiger partial charge >= 0.3 is 0 Å². The van der Waals surface area contributed by atoms with E-state index in [0.717, 1.165) is 21.2 Å². The highest BCUT2D eigenvalue weighted by atomic mass is 16.6. The molecule has 5 heteroatoms. The second kappa shape index (κ2) is 6.17. The third-order valence-corrected chi connectivity index (χ3v) is 7.21. The Morgan fingerprint density at radius 3 is 2.61 bits per heavy atom. The third-order valence-electron chi connectivity index (χ3n) is 7.21. The van der Waals surface area contributed by atoms with E-state index < -0.39 is 11.7 Å². The molecule has 4 aliphatic rings. The summed E-state index contributed by atoms with van der Waals surface area (Å²) in [6.07, 6.45) is 1.36. The molecule has 3 saturated heterocycles. The molecule has 3 heterocycles. The van der Waals surface area contributed by atoms with Crippen LogP contribution in [0, 0.1) is 5.92 Å². The molecule has 6 atom stereocenters. The second-order valence-corrected chi connectivity index (χ2v) is 8.93. The minimum absolute atomic E-state index is 0.0297. The van der Waals surface area contributed by atoms with Gasteiger partial charge in [-0.15, -0.1) is 0 Å². The number of rotatable bonds is 1. The van der Waals surface area contributed by atoms with Crippen molar-refractivity contribution in [3.63, 3.8) is 0 Å². The van der Waals surface area contributed by atoms with Gasteiger partial charge in [0.1, 0.15) is 29.7 Å². The molecule has 3 aromatic carbocycles. The molecule has 0 aromatic heterocycles. The fraction of sp³-hybridized carbons (Fsp3) is 0.308. The van der Waals surface area contributed by atoms with Crippen molar-refractivity contribution in [2.24, 2.45) is 5.92 Å². The first-order chi connectivity index (χ1) is 15.2. The number of phenolic OH excluding ortho intramolecular Hbond substituents is 1. The first-order valence-electron chi connectivity index (χ1n) is 10.8. The largest absolute Gasteiger partial charge is 0.507 e. The van der Waals surface area contributed by atoms with E-state index in [1.165, 1.54) is 0 Å². The lowest BCUT2D eigenvalue weighted by Crippen LogP contribution is -2.55. The molecule has 0 radical (unpaired) electrons. The molecule has 1 aliphatic carbocycles. The van der Waals surface area contributed by atoms with Crippen molar-refractivity contribution in [1.29, 1.82) is 0 Å². The summed E-state index contributed by atoms with van der Waals surface area (Å²) in [6.45, 7) is 0.941. The molecule has 31 heavy (non-hydrogen) atoms. The number of ether oxygens (including phenoxy) is 3. The molecule has 3 aliphatic heterocycles. The maximum Gasteiger partial charge on any atom is 0.128 e. The van der Waals surface area contributed by atoms with Crippen LogP contribution in [0.5, 0.6) is 5.75 Å². The summed E-state index contributed by atoms with van der Waals surface area (Å²) in [6, 6.07) is 19.6. The topological polar surface area (TPSA) is 74.8 Å². The van der Waals surface area contributed by atoms with E-state index in [4.69, 9.17) is 14.2 Å². The van der Waals surface area contributed by atoms with Gasteiger partial charge in [0.25, 0.3) is 0 Å². The van der Waals surface area contributed by atoms with Gasteiger partial charge < -0.3 is 24.4 Å². The molecule has 156 valence electrons. The Labute approximate surface area is 178 Å². The average molecular weight is 414 g/mol. The van der Waals surface area contributed by atoms with Crippen LogP contribution >= 0.6 is 0 Å². The van der Waals surface area contributed by atoms with Crippen LogP contribution in [0.4, 0.5) is 0 Å². The Morgan fingerprint density at radius 2 is 1.68 bits per heavy atom. The summed E-state index contributed by atoms with van der Waals surface area (Å²) in [7, 11) is 0. The predicted octanol–water partition coefficient (Wildman–Crippen LogP) is 1.45. The van der Waals surface area contributed by atoms with Crippen LogP contribution in [0.1, 0.15) is 5.56 Å². The molecular weight excluding hydrogens is 392 g/mol. The van der Waals surface area contributed by atoms with Gasteiger partial charge in [0.05, 0.1) is 19.3 Å². The smallest absolute Gasteiger partial charge is 0.128 e. The molecule has 5 nitrogen and oxygen atoms in total. The molecule has 0 saturated carbocycles. The van der Waals surface area contributed by atoms with Gasteiger partial charge in [-0.3, -0.25) is 0 Å². The van der Waals surface area contributed by atoms with E-state index >= 15 is 0 Å². The van der Waals surface area contributed by atoms with Crippen LogP contribution in [0.3, 0.4) is 0 Å². The Bertz CT molecular complexity index is 1350. The first kappa shape index (κ1) is 17.9. The van der Waals surface area contributed by atoms with Gasteiger partial charge in [-0.25, -0.2) is 0 Å². The molecule has 6 unspecified atom stereocenters. The number of benzene rings is 3. The minimum Gasteiger partial charge on any atom is -0.507 e. The summed E-state index contributed by atoms with van der Waals surface area (Å²) in [5.41, 5.74) is 0.0413. The number of epoxide rings is 2. The maximum atomic E-state index is 12.5. The van der Waals surface area contributed by atoms with Crippen LogP contribution in [-0.2, 0) is 14.2 Å². The average Bonchev–Trinajstić information content (AvgIpc) is 3.70. The Balaban J connectivity index is 1.60. The number of hydrogen-bond acceptors (Lipinski definition) is 5. The van der Waals surface area contributed by atoms with Crippen molar-refractivity contribution in [3.05, 3.63) is 76.7 Å². The molecule has 2 N–H and O–H groups in total. The van der Waals surface area contributed by atoms with Crippen LogP contribution in [0.15, 0.2) is 60.7 Å². The quantitative estimate of drug-likeness (QED) is 0.590. The summed E-state index contributed by atoms with van der Waals surface area (Å²) < 4.78 is 17.8. The zero-order chi connectivity index (χ0) is 20.7. The van der Waals surface area contributed by atoms with Gasteiger partial charge in [-0.2, -0.15) is 0 Å². The molecule has 0 amide bonds. The van der Waals surface area contributed by atoms with Crippen molar-refractivity contribution in [2.75, 3.05) is 13.2 Å².